The number of hydrogen-bond donors (Lipinski definition) is 0. The summed E-state index contributed by atoms with van der Waals surface area (Å²) in [4.78, 5) is 10.8. The van der Waals surface area contributed by atoms with Gasteiger partial charge in [-0.3, -0.25) is 4.79 Å². The highest BCUT2D eigenvalue weighted by Crippen LogP contribution is 2.13. The Labute approximate surface area is 90.1 Å². The van der Waals surface area contributed by atoms with Gasteiger partial charge in [-0.1, -0.05) is 37.8 Å². The summed E-state index contributed by atoms with van der Waals surface area (Å²) < 4.78 is 0. The fourth-order valence-corrected chi connectivity index (χ4v) is 1.34. The molecule has 0 unspecified atom stereocenters. The zero-order valence-corrected chi connectivity index (χ0v) is 9.50. The number of allylic oxidation sites excluding steroid dienone is 2. The zero-order chi connectivity index (χ0) is 10.1. The number of alkyl halides is 1. The maximum Gasteiger partial charge on any atom is 0.171 e. The van der Waals surface area contributed by atoms with Crippen molar-refractivity contribution in [1.29, 1.82) is 0 Å². The van der Waals surface area contributed by atoms with Crippen molar-refractivity contribution >= 4 is 29.0 Å². The van der Waals surface area contributed by atoms with Crippen LogP contribution in [-0.2, 0) is 4.79 Å². The third-order valence-corrected chi connectivity index (χ3v) is 2.28. The number of ketones is 1. The lowest BCUT2D eigenvalue weighted by atomic mass is 10.1. The molecule has 13 heavy (non-hydrogen) atoms. The summed E-state index contributed by atoms with van der Waals surface area (Å²) in [5.41, 5.74) is 0. The maximum absolute atomic E-state index is 10.8. The molecule has 0 aliphatic heterocycles. The molecule has 3 heteroatoms. The van der Waals surface area contributed by atoms with E-state index in [1.807, 2.05) is 0 Å². The predicted molar refractivity (Wildman–Crippen MR) is 58.4 cm³/mol. The average molecular weight is 223 g/mol. The van der Waals surface area contributed by atoms with E-state index in [1.165, 1.54) is 25.3 Å². The molecule has 0 bridgehead atoms. The van der Waals surface area contributed by atoms with Crippen LogP contribution < -0.4 is 0 Å². The van der Waals surface area contributed by atoms with Gasteiger partial charge in [0.15, 0.2) is 5.78 Å². The lowest BCUT2D eigenvalue weighted by Gasteiger charge is -1.98. The molecule has 0 rings (SSSR count). The Bertz CT molecular complexity index is 176. The van der Waals surface area contributed by atoms with Gasteiger partial charge in [0.2, 0.25) is 0 Å². The average Bonchev–Trinajstić information content (AvgIpc) is 2.12. The SMILES string of the molecule is CCCCCCC(Cl)=CC(=O)CCl. The summed E-state index contributed by atoms with van der Waals surface area (Å²) in [6, 6.07) is 0. The molecule has 0 heterocycles. The van der Waals surface area contributed by atoms with Gasteiger partial charge < -0.3 is 0 Å². The van der Waals surface area contributed by atoms with Crippen molar-refractivity contribution in [2.24, 2.45) is 0 Å². The number of carbonyl (C=O) groups excluding carboxylic acids is 1. The lowest BCUT2D eigenvalue weighted by Crippen LogP contribution is -1.93. The molecule has 0 aromatic rings. The highest BCUT2D eigenvalue weighted by Gasteiger charge is 1.98. The molecule has 0 aliphatic carbocycles. The van der Waals surface area contributed by atoms with Gasteiger partial charge in [-0.15, -0.1) is 11.6 Å². The maximum atomic E-state index is 10.8. The van der Waals surface area contributed by atoms with Crippen LogP contribution in [0.5, 0.6) is 0 Å². The minimum absolute atomic E-state index is 0.0190. The van der Waals surface area contributed by atoms with E-state index in [1.54, 1.807) is 0 Å². The van der Waals surface area contributed by atoms with E-state index >= 15 is 0 Å². The van der Waals surface area contributed by atoms with Crippen LogP contribution in [0.4, 0.5) is 0 Å². The monoisotopic (exact) mass is 222 g/mol. The predicted octanol–water partition coefficient (Wildman–Crippen LogP) is 3.89. The molecule has 0 atom stereocenters. The Morgan fingerprint density at radius 1 is 1.31 bits per heavy atom. The molecule has 0 saturated carbocycles. The molecular weight excluding hydrogens is 207 g/mol. The largest absolute Gasteiger partial charge is 0.293 e. The lowest BCUT2D eigenvalue weighted by molar-refractivity contribution is -0.112. The van der Waals surface area contributed by atoms with Crippen LogP contribution in [0.1, 0.15) is 39.0 Å². The minimum atomic E-state index is -0.109. The fraction of sp³-hybridized carbons (Fsp3) is 0.700. The zero-order valence-electron chi connectivity index (χ0n) is 7.98. The summed E-state index contributed by atoms with van der Waals surface area (Å²) >= 11 is 11.1. The van der Waals surface area contributed by atoms with Crippen LogP contribution in [0.25, 0.3) is 0 Å². The highest BCUT2D eigenvalue weighted by atomic mass is 35.5. The molecule has 0 radical (unpaired) electrons. The van der Waals surface area contributed by atoms with Gasteiger partial charge in [-0.2, -0.15) is 0 Å². The van der Waals surface area contributed by atoms with Gasteiger partial charge in [0.25, 0.3) is 0 Å². The van der Waals surface area contributed by atoms with Crippen molar-refractivity contribution in [3.63, 3.8) is 0 Å². The first-order chi connectivity index (χ1) is 6.20. The normalized spacial score (nSPS) is 11.8. The fourth-order valence-electron chi connectivity index (χ4n) is 1.01. The van der Waals surface area contributed by atoms with Crippen molar-refractivity contribution in [2.75, 3.05) is 5.88 Å². The second kappa shape index (κ2) is 8.58. The first-order valence-electron chi connectivity index (χ1n) is 4.65. The van der Waals surface area contributed by atoms with Crippen molar-refractivity contribution in [3.05, 3.63) is 11.1 Å². The third-order valence-electron chi connectivity index (χ3n) is 1.72. The Morgan fingerprint density at radius 2 is 2.00 bits per heavy atom. The van der Waals surface area contributed by atoms with E-state index in [2.05, 4.69) is 6.92 Å². The Hall–Kier alpha value is -0.0100. The summed E-state index contributed by atoms with van der Waals surface area (Å²) in [7, 11) is 0. The van der Waals surface area contributed by atoms with Gasteiger partial charge in [-0.25, -0.2) is 0 Å². The van der Waals surface area contributed by atoms with Gasteiger partial charge in [0, 0.05) is 5.03 Å². The Kier molecular flexibility index (Phi) is 8.58. The number of rotatable bonds is 7. The van der Waals surface area contributed by atoms with Crippen LogP contribution in [-0.4, -0.2) is 11.7 Å². The van der Waals surface area contributed by atoms with Crippen LogP contribution in [0.2, 0.25) is 0 Å². The van der Waals surface area contributed by atoms with Crippen LogP contribution in [0.3, 0.4) is 0 Å². The van der Waals surface area contributed by atoms with Crippen LogP contribution >= 0.6 is 23.2 Å². The molecule has 0 saturated heterocycles. The minimum Gasteiger partial charge on any atom is -0.293 e. The summed E-state index contributed by atoms with van der Waals surface area (Å²) in [5, 5.41) is 0.627. The smallest absolute Gasteiger partial charge is 0.171 e. The first-order valence-corrected chi connectivity index (χ1v) is 5.56. The Morgan fingerprint density at radius 3 is 2.54 bits per heavy atom. The molecule has 0 fully saturated rings. The third kappa shape index (κ3) is 8.32. The number of carbonyl (C=O) groups is 1. The van der Waals surface area contributed by atoms with Gasteiger partial charge >= 0.3 is 0 Å². The van der Waals surface area contributed by atoms with Crippen molar-refractivity contribution in [2.45, 2.75) is 39.0 Å². The van der Waals surface area contributed by atoms with E-state index in [0.29, 0.717) is 5.03 Å². The van der Waals surface area contributed by atoms with Gasteiger partial charge in [0.05, 0.1) is 5.88 Å². The van der Waals surface area contributed by atoms with Crippen LogP contribution in [0, 0.1) is 0 Å². The Balaban J connectivity index is 3.55. The second-order valence-corrected chi connectivity index (χ2v) is 3.75. The van der Waals surface area contributed by atoms with E-state index in [-0.39, 0.29) is 11.7 Å². The highest BCUT2D eigenvalue weighted by molar-refractivity contribution is 6.34. The summed E-state index contributed by atoms with van der Waals surface area (Å²) in [6.07, 6.45) is 6.90. The second-order valence-electron chi connectivity index (χ2n) is 3.00. The van der Waals surface area contributed by atoms with E-state index in [0.717, 1.165) is 12.8 Å². The van der Waals surface area contributed by atoms with Crippen molar-refractivity contribution in [1.82, 2.24) is 0 Å². The van der Waals surface area contributed by atoms with Gasteiger partial charge in [0.1, 0.15) is 0 Å². The summed E-state index contributed by atoms with van der Waals surface area (Å²) in [5.74, 6) is -0.0901. The topological polar surface area (TPSA) is 17.1 Å². The molecule has 0 aromatic carbocycles. The molecule has 0 amide bonds. The van der Waals surface area contributed by atoms with E-state index in [4.69, 9.17) is 23.2 Å². The van der Waals surface area contributed by atoms with Gasteiger partial charge in [-0.05, 0) is 18.9 Å². The molecule has 0 aliphatic rings. The van der Waals surface area contributed by atoms with E-state index < -0.39 is 0 Å². The van der Waals surface area contributed by atoms with Crippen LogP contribution in [0.15, 0.2) is 11.1 Å². The number of unbranched alkanes of at least 4 members (excludes halogenated alkanes) is 3. The molecule has 1 nitrogen and oxygen atoms in total. The van der Waals surface area contributed by atoms with Crippen molar-refractivity contribution < 1.29 is 4.79 Å². The molecule has 0 aromatic heterocycles. The summed E-state index contributed by atoms with van der Waals surface area (Å²) in [6.45, 7) is 2.16. The van der Waals surface area contributed by atoms with Crippen molar-refractivity contribution in [3.8, 4) is 0 Å². The molecule has 76 valence electrons. The molecule has 0 spiro atoms. The quantitative estimate of drug-likeness (QED) is 0.363. The standard InChI is InChI=1S/C10H16Cl2O/c1-2-3-4-5-6-9(12)7-10(13)8-11/h7H,2-6,8H2,1H3. The van der Waals surface area contributed by atoms with E-state index in [9.17, 15) is 4.79 Å². The molecular formula is C10H16Cl2O. The first kappa shape index (κ1) is 13.0. The number of hydrogen-bond acceptors (Lipinski definition) is 1. The molecule has 0 N–H and O–H groups in total. The number of halogens is 2.